The largest absolute Gasteiger partial charge is 0.446 e. The summed E-state index contributed by atoms with van der Waals surface area (Å²) in [7, 11) is 1.60. The molecule has 0 saturated carbocycles. The Morgan fingerprint density at radius 1 is 2.00 bits per heavy atom. The first kappa shape index (κ1) is 5.69. The maximum absolute atomic E-state index is 10.4. The average molecular weight is 136 g/mol. The number of alkyl halides is 1. The lowest BCUT2D eigenvalue weighted by atomic mass is 10.7. The fraction of sp³-hybridized carbons (Fsp3) is 0.750. The Hall–Kier alpha value is -0.440. The molecule has 1 rings (SSSR count). The van der Waals surface area contributed by atoms with Gasteiger partial charge in [0.15, 0.2) is 0 Å². The van der Waals surface area contributed by atoms with Gasteiger partial charge in [0.25, 0.3) is 0 Å². The van der Waals surface area contributed by atoms with Crippen LogP contribution in [0.5, 0.6) is 0 Å². The molecule has 0 aromatic rings. The van der Waals surface area contributed by atoms with Gasteiger partial charge < -0.3 is 4.74 Å². The zero-order valence-corrected chi connectivity index (χ0v) is 5.18. The first-order valence-corrected chi connectivity index (χ1v) is 2.69. The minimum atomic E-state index is -0.343. The normalized spacial score (nSPS) is 28.5. The molecule has 1 fully saturated rings. The first-order valence-electron chi connectivity index (χ1n) is 2.25. The number of ether oxygens (including phenoxy) is 1. The molecule has 0 radical (unpaired) electrons. The highest BCUT2D eigenvalue weighted by atomic mass is 35.5. The number of hydrogen-bond acceptors (Lipinski definition) is 2. The van der Waals surface area contributed by atoms with Crippen molar-refractivity contribution in [3.8, 4) is 0 Å². The number of amides is 1. The number of rotatable bonds is 0. The molecule has 1 aliphatic rings. The summed E-state index contributed by atoms with van der Waals surface area (Å²) in [5, 5.41) is 0. The van der Waals surface area contributed by atoms with Gasteiger partial charge in [0.1, 0.15) is 12.1 Å². The molecular weight excluding hydrogens is 130 g/mol. The van der Waals surface area contributed by atoms with Crippen LogP contribution in [-0.4, -0.2) is 30.1 Å². The summed E-state index contributed by atoms with van der Waals surface area (Å²) >= 11 is 5.54. The molecule has 0 N–H and O–H groups in total. The highest BCUT2D eigenvalue weighted by molar-refractivity contribution is 6.21. The van der Waals surface area contributed by atoms with Crippen molar-refractivity contribution in [3.63, 3.8) is 0 Å². The van der Waals surface area contributed by atoms with Crippen molar-refractivity contribution in [2.24, 2.45) is 0 Å². The minimum absolute atomic E-state index is 0.275. The molecule has 8 heavy (non-hydrogen) atoms. The molecule has 1 aliphatic heterocycles. The summed E-state index contributed by atoms with van der Waals surface area (Å²) in [6, 6.07) is 0. The monoisotopic (exact) mass is 135 g/mol. The summed E-state index contributed by atoms with van der Waals surface area (Å²) in [6.45, 7) is 0.302. The Labute approximate surface area is 52.2 Å². The SMILES string of the molecule is CN1C(=O)OCC1Cl. The van der Waals surface area contributed by atoms with Crippen LogP contribution in [0, 0.1) is 0 Å². The van der Waals surface area contributed by atoms with Crippen LogP contribution in [0.3, 0.4) is 0 Å². The standard InChI is InChI=1S/C4H6ClNO2/c1-6-3(5)2-8-4(6)7/h3H,2H2,1H3. The van der Waals surface area contributed by atoms with Crippen molar-refractivity contribution in [2.45, 2.75) is 5.50 Å². The van der Waals surface area contributed by atoms with Gasteiger partial charge in [-0.1, -0.05) is 11.6 Å². The van der Waals surface area contributed by atoms with Crippen molar-refractivity contribution in [1.29, 1.82) is 0 Å². The van der Waals surface area contributed by atoms with Gasteiger partial charge in [-0.2, -0.15) is 0 Å². The highest BCUT2D eigenvalue weighted by Crippen LogP contribution is 2.11. The molecule has 1 amide bonds. The van der Waals surface area contributed by atoms with Gasteiger partial charge in [-0.25, -0.2) is 4.79 Å². The van der Waals surface area contributed by atoms with Crippen molar-refractivity contribution in [2.75, 3.05) is 13.7 Å². The van der Waals surface area contributed by atoms with E-state index in [1.165, 1.54) is 4.90 Å². The summed E-state index contributed by atoms with van der Waals surface area (Å²) in [5.74, 6) is 0. The Balaban J connectivity index is 2.56. The van der Waals surface area contributed by atoms with Crippen molar-refractivity contribution in [1.82, 2.24) is 4.90 Å². The summed E-state index contributed by atoms with van der Waals surface area (Å²) in [5.41, 5.74) is -0.275. The van der Waals surface area contributed by atoms with Gasteiger partial charge in [-0.05, 0) is 0 Å². The lowest BCUT2D eigenvalue weighted by Gasteiger charge is -2.05. The van der Waals surface area contributed by atoms with Gasteiger partial charge in [-0.15, -0.1) is 0 Å². The molecular formula is C4H6ClNO2. The maximum Gasteiger partial charge on any atom is 0.410 e. The third-order valence-corrected chi connectivity index (χ3v) is 1.47. The van der Waals surface area contributed by atoms with E-state index in [1.54, 1.807) is 7.05 Å². The lowest BCUT2D eigenvalue weighted by Crippen LogP contribution is -2.23. The Bertz CT molecular complexity index is 117. The van der Waals surface area contributed by atoms with E-state index < -0.39 is 0 Å². The molecule has 1 unspecified atom stereocenters. The van der Waals surface area contributed by atoms with Crippen LogP contribution in [0.1, 0.15) is 0 Å². The second-order valence-corrected chi connectivity index (χ2v) is 2.13. The molecule has 0 aliphatic carbocycles. The van der Waals surface area contributed by atoms with E-state index in [9.17, 15) is 4.79 Å². The van der Waals surface area contributed by atoms with Crippen LogP contribution in [-0.2, 0) is 4.74 Å². The van der Waals surface area contributed by atoms with Crippen molar-refractivity contribution < 1.29 is 9.53 Å². The number of carbonyl (C=O) groups is 1. The predicted octanol–water partition coefficient (Wildman–Crippen LogP) is 0.633. The van der Waals surface area contributed by atoms with E-state index in [2.05, 4.69) is 4.74 Å². The number of cyclic esters (lactones) is 1. The third kappa shape index (κ3) is 0.733. The van der Waals surface area contributed by atoms with E-state index in [-0.39, 0.29) is 11.6 Å². The Morgan fingerprint density at radius 3 is 2.75 bits per heavy atom. The number of nitrogens with zero attached hydrogens (tertiary/aromatic N) is 1. The average Bonchev–Trinajstić information content (AvgIpc) is 1.98. The summed E-state index contributed by atoms with van der Waals surface area (Å²) in [4.78, 5) is 11.8. The molecule has 0 spiro atoms. The Morgan fingerprint density at radius 2 is 2.62 bits per heavy atom. The van der Waals surface area contributed by atoms with E-state index in [1.807, 2.05) is 0 Å². The number of halogens is 1. The van der Waals surface area contributed by atoms with E-state index >= 15 is 0 Å². The Kier molecular flexibility index (Phi) is 1.29. The van der Waals surface area contributed by atoms with Gasteiger partial charge in [-0.3, -0.25) is 4.90 Å². The minimum Gasteiger partial charge on any atom is -0.446 e. The summed E-state index contributed by atoms with van der Waals surface area (Å²) in [6.07, 6.45) is -0.343. The van der Waals surface area contributed by atoms with E-state index in [0.717, 1.165) is 0 Å². The molecule has 46 valence electrons. The fourth-order valence-electron chi connectivity index (χ4n) is 0.468. The van der Waals surface area contributed by atoms with Crippen LogP contribution in [0.25, 0.3) is 0 Å². The van der Waals surface area contributed by atoms with Crippen LogP contribution in [0.2, 0.25) is 0 Å². The second-order valence-electron chi connectivity index (χ2n) is 1.62. The highest BCUT2D eigenvalue weighted by Gasteiger charge is 2.26. The topological polar surface area (TPSA) is 29.5 Å². The second kappa shape index (κ2) is 1.82. The zero-order chi connectivity index (χ0) is 6.15. The maximum atomic E-state index is 10.4. The smallest absolute Gasteiger partial charge is 0.410 e. The predicted molar refractivity (Wildman–Crippen MR) is 28.8 cm³/mol. The molecule has 1 atom stereocenters. The van der Waals surface area contributed by atoms with Gasteiger partial charge in [0, 0.05) is 7.05 Å². The summed E-state index contributed by atoms with van der Waals surface area (Å²) < 4.78 is 4.53. The third-order valence-electron chi connectivity index (χ3n) is 1.05. The lowest BCUT2D eigenvalue weighted by molar-refractivity contribution is 0.163. The molecule has 0 aromatic heterocycles. The number of likely N-dealkylation sites (N-methyl/N-ethyl adjacent to an activating group) is 1. The van der Waals surface area contributed by atoms with Crippen LogP contribution < -0.4 is 0 Å². The van der Waals surface area contributed by atoms with Crippen LogP contribution in [0.15, 0.2) is 0 Å². The fourth-order valence-corrected chi connectivity index (χ4v) is 0.611. The zero-order valence-electron chi connectivity index (χ0n) is 4.43. The number of carbonyl (C=O) groups excluding carboxylic acids is 1. The van der Waals surface area contributed by atoms with Crippen LogP contribution in [0.4, 0.5) is 4.79 Å². The molecule has 0 bridgehead atoms. The molecule has 3 nitrogen and oxygen atoms in total. The van der Waals surface area contributed by atoms with Crippen molar-refractivity contribution >= 4 is 17.7 Å². The van der Waals surface area contributed by atoms with Crippen LogP contribution >= 0.6 is 11.6 Å². The molecule has 0 aromatic carbocycles. The van der Waals surface area contributed by atoms with Gasteiger partial charge >= 0.3 is 6.09 Å². The quantitative estimate of drug-likeness (QED) is 0.360. The first-order chi connectivity index (χ1) is 3.72. The molecule has 4 heteroatoms. The molecule has 1 saturated heterocycles. The van der Waals surface area contributed by atoms with E-state index in [0.29, 0.717) is 6.61 Å². The van der Waals surface area contributed by atoms with Gasteiger partial charge in [0.2, 0.25) is 0 Å². The number of hydrogen-bond donors (Lipinski definition) is 0. The van der Waals surface area contributed by atoms with E-state index in [4.69, 9.17) is 11.6 Å². The van der Waals surface area contributed by atoms with Crippen molar-refractivity contribution in [3.05, 3.63) is 0 Å². The molecule has 1 heterocycles. The van der Waals surface area contributed by atoms with Gasteiger partial charge in [0.05, 0.1) is 0 Å².